The maximum Gasteiger partial charge on any atom is 0.180 e. The molecule has 0 aromatic heterocycles. The van der Waals surface area contributed by atoms with Gasteiger partial charge in [0.1, 0.15) is 0 Å². The molecule has 0 aliphatic heterocycles. The van der Waals surface area contributed by atoms with Gasteiger partial charge in [-0.2, -0.15) is 0 Å². The minimum absolute atomic E-state index is 0.129. The minimum Gasteiger partial charge on any atom is -0.293 e. The molecule has 13 heavy (non-hydrogen) atoms. The Balaban J connectivity index is 3.33. The number of ketones is 1. The molecular weight excluding hydrogens is 298 g/mol. The van der Waals surface area contributed by atoms with Gasteiger partial charge in [-0.05, 0) is 28.1 Å². The summed E-state index contributed by atoms with van der Waals surface area (Å²) in [5, 5.41) is 0.622. The number of benzene rings is 1. The van der Waals surface area contributed by atoms with Crippen molar-refractivity contribution in [2.75, 3.05) is 5.88 Å². The van der Waals surface area contributed by atoms with Gasteiger partial charge in [-0.1, -0.05) is 23.2 Å². The van der Waals surface area contributed by atoms with Crippen LogP contribution in [0.2, 0.25) is 10.0 Å². The summed E-state index contributed by atoms with van der Waals surface area (Å²) in [4.78, 5) is 11.3. The van der Waals surface area contributed by atoms with Crippen molar-refractivity contribution in [1.29, 1.82) is 0 Å². The first-order chi connectivity index (χ1) is 6.07. The molecule has 0 fully saturated rings. The monoisotopic (exact) mass is 300 g/mol. The van der Waals surface area contributed by atoms with Gasteiger partial charge < -0.3 is 0 Å². The average Bonchev–Trinajstić information content (AvgIpc) is 2.12. The Hall–Kier alpha value is 0.240. The lowest BCUT2D eigenvalue weighted by Gasteiger charge is -2.05. The summed E-state index contributed by atoms with van der Waals surface area (Å²) in [6.07, 6.45) is 0. The van der Waals surface area contributed by atoms with Crippen LogP contribution in [0.15, 0.2) is 16.6 Å². The van der Waals surface area contributed by atoms with Crippen LogP contribution in [0.3, 0.4) is 0 Å². The zero-order chi connectivity index (χ0) is 10.0. The topological polar surface area (TPSA) is 17.1 Å². The summed E-state index contributed by atoms with van der Waals surface area (Å²) in [7, 11) is 0. The van der Waals surface area contributed by atoms with E-state index in [1.165, 1.54) is 0 Å². The molecule has 0 N–H and O–H groups in total. The largest absolute Gasteiger partial charge is 0.293 e. The molecule has 0 unspecified atom stereocenters. The van der Waals surface area contributed by atoms with Gasteiger partial charge in [0.05, 0.1) is 21.5 Å². The molecule has 1 nitrogen and oxygen atoms in total. The SMILES string of the molecule is O=C(CCl)c1c(Cl)ccc(Br)c1Cl. The van der Waals surface area contributed by atoms with E-state index in [9.17, 15) is 4.79 Å². The van der Waals surface area contributed by atoms with Crippen molar-refractivity contribution >= 4 is 56.5 Å². The molecule has 0 bridgehead atoms. The zero-order valence-corrected chi connectivity index (χ0v) is 10.1. The number of carbonyl (C=O) groups excluding carboxylic acids is 1. The van der Waals surface area contributed by atoms with Crippen LogP contribution in [0, 0.1) is 0 Å². The second kappa shape index (κ2) is 4.65. The smallest absolute Gasteiger partial charge is 0.180 e. The number of Topliss-reactive ketones (excluding diaryl/α,β-unsaturated/α-hetero) is 1. The van der Waals surface area contributed by atoms with Crippen molar-refractivity contribution in [1.82, 2.24) is 0 Å². The number of alkyl halides is 1. The summed E-state index contributed by atoms with van der Waals surface area (Å²) in [6.45, 7) is 0. The van der Waals surface area contributed by atoms with Crippen LogP contribution in [-0.4, -0.2) is 11.7 Å². The van der Waals surface area contributed by atoms with E-state index in [4.69, 9.17) is 34.8 Å². The van der Waals surface area contributed by atoms with Gasteiger partial charge in [0, 0.05) is 4.47 Å². The highest BCUT2D eigenvalue weighted by Crippen LogP contribution is 2.31. The normalized spacial score (nSPS) is 10.2. The maximum absolute atomic E-state index is 11.3. The fraction of sp³-hybridized carbons (Fsp3) is 0.125. The van der Waals surface area contributed by atoms with Gasteiger partial charge in [-0.3, -0.25) is 4.79 Å². The quantitative estimate of drug-likeness (QED) is 0.455. The van der Waals surface area contributed by atoms with Crippen molar-refractivity contribution in [3.05, 3.63) is 32.2 Å². The van der Waals surface area contributed by atoms with Gasteiger partial charge in [0.2, 0.25) is 0 Å². The molecule has 5 heteroatoms. The third-order valence-electron chi connectivity index (χ3n) is 1.44. The number of hydrogen-bond donors (Lipinski definition) is 0. The highest BCUT2D eigenvalue weighted by Gasteiger charge is 2.15. The Labute approximate surface area is 99.1 Å². The predicted molar refractivity (Wildman–Crippen MR) is 59.2 cm³/mol. The fourth-order valence-corrected chi connectivity index (χ4v) is 1.89. The van der Waals surface area contributed by atoms with E-state index in [1.807, 2.05) is 0 Å². The second-order valence-corrected chi connectivity index (χ2v) is 4.18. The van der Waals surface area contributed by atoms with Gasteiger partial charge >= 0.3 is 0 Å². The summed E-state index contributed by atoms with van der Waals surface area (Å²) < 4.78 is 0.632. The van der Waals surface area contributed by atoms with Crippen LogP contribution in [0.25, 0.3) is 0 Å². The van der Waals surface area contributed by atoms with Crippen molar-refractivity contribution in [3.63, 3.8) is 0 Å². The number of rotatable bonds is 2. The first kappa shape index (κ1) is 11.3. The summed E-state index contributed by atoms with van der Waals surface area (Å²) in [5.41, 5.74) is 0.271. The molecule has 1 aromatic carbocycles. The Morgan fingerprint density at radius 3 is 2.54 bits per heavy atom. The van der Waals surface area contributed by atoms with E-state index in [2.05, 4.69) is 15.9 Å². The molecule has 0 saturated carbocycles. The third-order valence-corrected chi connectivity index (χ3v) is 3.28. The van der Waals surface area contributed by atoms with Gasteiger partial charge in [0.15, 0.2) is 5.78 Å². The molecule has 0 aliphatic carbocycles. The molecule has 0 aliphatic rings. The van der Waals surface area contributed by atoms with Crippen LogP contribution in [0.5, 0.6) is 0 Å². The Bertz CT molecular complexity index is 351. The number of halogens is 4. The van der Waals surface area contributed by atoms with Crippen LogP contribution >= 0.6 is 50.7 Å². The van der Waals surface area contributed by atoms with E-state index in [0.29, 0.717) is 14.5 Å². The Kier molecular flexibility index (Phi) is 4.05. The average molecular weight is 302 g/mol. The molecule has 0 heterocycles. The molecule has 0 atom stereocenters. The molecule has 0 saturated heterocycles. The predicted octanol–water partition coefficient (Wildman–Crippen LogP) is 4.18. The standard InChI is InChI=1S/C8H4BrCl3O/c9-4-1-2-5(11)7(8(4)12)6(13)3-10/h1-2H,3H2. The lowest BCUT2D eigenvalue weighted by molar-refractivity contribution is 0.102. The van der Waals surface area contributed by atoms with Crippen molar-refractivity contribution in [2.45, 2.75) is 0 Å². The second-order valence-electron chi connectivity index (χ2n) is 2.27. The van der Waals surface area contributed by atoms with Gasteiger partial charge in [-0.25, -0.2) is 0 Å². The fourth-order valence-electron chi connectivity index (χ4n) is 0.849. The lowest BCUT2D eigenvalue weighted by Crippen LogP contribution is -2.02. The van der Waals surface area contributed by atoms with Crippen molar-refractivity contribution < 1.29 is 4.79 Å². The summed E-state index contributed by atoms with van der Waals surface area (Å²) >= 11 is 20.2. The Morgan fingerprint density at radius 1 is 1.38 bits per heavy atom. The Morgan fingerprint density at radius 2 is 2.00 bits per heavy atom. The van der Waals surface area contributed by atoms with Crippen LogP contribution in [-0.2, 0) is 0 Å². The molecule has 1 rings (SSSR count). The first-order valence-corrected chi connectivity index (χ1v) is 5.39. The van der Waals surface area contributed by atoms with Crippen LogP contribution < -0.4 is 0 Å². The first-order valence-electron chi connectivity index (χ1n) is 3.30. The molecule has 0 spiro atoms. The molecular formula is C8H4BrCl3O. The van der Waals surface area contributed by atoms with E-state index < -0.39 is 0 Å². The molecule has 1 aromatic rings. The van der Waals surface area contributed by atoms with E-state index in [0.717, 1.165) is 0 Å². The summed E-state index contributed by atoms with van der Waals surface area (Å²) in [6, 6.07) is 3.27. The molecule has 0 amide bonds. The third kappa shape index (κ3) is 2.38. The highest BCUT2D eigenvalue weighted by molar-refractivity contribution is 9.10. The number of hydrogen-bond acceptors (Lipinski definition) is 1. The van der Waals surface area contributed by atoms with Crippen molar-refractivity contribution in [2.24, 2.45) is 0 Å². The molecule has 70 valence electrons. The molecule has 0 radical (unpaired) electrons. The summed E-state index contributed by atoms with van der Waals surface area (Å²) in [5.74, 6) is -0.409. The van der Waals surface area contributed by atoms with Gasteiger partial charge in [-0.15, -0.1) is 11.6 Å². The zero-order valence-electron chi connectivity index (χ0n) is 6.28. The van der Waals surface area contributed by atoms with Crippen LogP contribution in [0.4, 0.5) is 0 Å². The van der Waals surface area contributed by atoms with E-state index in [-0.39, 0.29) is 17.2 Å². The van der Waals surface area contributed by atoms with E-state index >= 15 is 0 Å². The number of carbonyl (C=O) groups is 1. The van der Waals surface area contributed by atoms with E-state index in [1.54, 1.807) is 12.1 Å². The maximum atomic E-state index is 11.3. The van der Waals surface area contributed by atoms with Gasteiger partial charge in [0.25, 0.3) is 0 Å². The van der Waals surface area contributed by atoms with Crippen LogP contribution in [0.1, 0.15) is 10.4 Å². The minimum atomic E-state index is -0.280. The van der Waals surface area contributed by atoms with Crippen molar-refractivity contribution in [3.8, 4) is 0 Å². The highest BCUT2D eigenvalue weighted by atomic mass is 79.9. The lowest BCUT2D eigenvalue weighted by atomic mass is 10.1.